The van der Waals surface area contributed by atoms with Crippen LogP contribution in [0.4, 0.5) is 0 Å². The second-order valence-electron chi connectivity index (χ2n) is 7.75. The van der Waals surface area contributed by atoms with E-state index in [0.29, 0.717) is 19.0 Å². The van der Waals surface area contributed by atoms with Crippen molar-refractivity contribution < 1.29 is 9.21 Å². The highest BCUT2D eigenvalue weighted by Gasteiger charge is 2.28. The Bertz CT molecular complexity index is 1030. The first kappa shape index (κ1) is 23.5. The van der Waals surface area contributed by atoms with Crippen molar-refractivity contribution in [1.29, 1.82) is 0 Å². The summed E-state index contributed by atoms with van der Waals surface area (Å²) in [5, 5.41) is 7.58. The number of carbonyl (C=O) groups excluding carboxylic acids is 1. The molecule has 9 heteroatoms. The molecule has 1 unspecified atom stereocenters. The van der Waals surface area contributed by atoms with E-state index in [1.807, 2.05) is 49.1 Å². The molecule has 166 valence electrons. The second-order valence-corrected chi connectivity index (χ2v) is 8.78. The molecule has 7 nitrogen and oxygen atoms in total. The summed E-state index contributed by atoms with van der Waals surface area (Å²) >= 11 is 1.62. The molecule has 2 N–H and O–H groups in total. The third-order valence-electron chi connectivity index (χ3n) is 5.15. The number of guanidine groups is 1. The third kappa shape index (κ3) is 5.57. The number of rotatable bonds is 5. The van der Waals surface area contributed by atoms with Crippen LogP contribution in [0.2, 0.25) is 0 Å². The van der Waals surface area contributed by atoms with Crippen molar-refractivity contribution in [2.45, 2.75) is 32.9 Å². The van der Waals surface area contributed by atoms with Gasteiger partial charge in [0.2, 0.25) is 5.91 Å². The summed E-state index contributed by atoms with van der Waals surface area (Å²) in [5.74, 6) is 2.53. The van der Waals surface area contributed by atoms with Gasteiger partial charge in [-0.15, -0.1) is 35.3 Å². The predicted molar refractivity (Wildman–Crippen MR) is 136 cm³/mol. The van der Waals surface area contributed by atoms with E-state index in [9.17, 15) is 4.79 Å². The predicted octanol–water partition coefficient (Wildman–Crippen LogP) is 4.10. The first-order valence-electron chi connectivity index (χ1n) is 10.2. The van der Waals surface area contributed by atoms with Gasteiger partial charge in [-0.2, -0.15) is 0 Å². The lowest BCUT2D eigenvalue weighted by molar-refractivity contribution is -0.133. The van der Waals surface area contributed by atoms with Gasteiger partial charge >= 0.3 is 0 Å². The average Bonchev–Trinajstić information content (AvgIpc) is 3.49. The van der Waals surface area contributed by atoms with Gasteiger partial charge in [0, 0.05) is 32.1 Å². The van der Waals surface area contributed by atoms with Crippen LogP contribution in [0, 0.1) is 5.92 Å². The highest BCUT2D eigenvalue weighted by molar-refractivity contribution is 14.0. The molecule has 0 aliphatic carbocycles. The lowest BCUT2D eigenvalue weighted by Gasteiger charge is -2.20. The van der Waals surface area contributed by atoms with Crippen molar-refractivity contribution >= 4 is 57.4 Å². The Morgan fingerprint density at radius 2 is 2.13 bits per heavy atom. The van der Waals surface area contributed by atoms with Gasteiger partial charge in [0.05, 0.1) is 16.8 Å². The highest BCUT2D eigenvalue weighted by Crippen LogP contribution is 2.31. The number of nitrogens with zero attached hydrogens (tertiary/aromatic N) is 3. The number of para-hydroxylation sites is 1. The first-order valence-corrected chi connectivity index (χ1v) is 11.1. The summed E-state index contributed by atoms with van der Waals surface area (Å²) in [6.45, 7) is 5.90. The zero-order valence-electron chi connectivity index (χ0n) is 17.9. The number of thiazole rings is 1. The minimum Gasteiger partial charge on any atom is -0.457 e. The van der Waals surface area contributed by atoms with Gasteiger partial charge < -0.3 is 20.0 Å². The van der Waals surface area contributed by atoms with E-state index >= 15 is 0 Å². The number of amides is 1. The Hall–Kier alpha value is -2.14. The van der Waals surface area contributed by atoms with E-state index in [-0.39, 0.29) is 41.8 Å². The van der Waals surface area contributed by atoms with E-state index in [1.165, 1.54) is 0 Å². The van der Waals surface area contributed by atoms with Crippen LogP contribution in [0.15, 0.2) is 45.8 Å². The van der Waals surface area contributed by atoms with Gasteiger partial charge in [0.25, 0.3) is 0 Å². The summed E-state index contributed by atoms with van der Waals surface area (Å²) in [6.07, 6.45) is 0.918. The number of benzene rings is 1. The lowest BCUT2D eigenvalue weighted by Crippen LogP contribution is -2.45. The van der Waals surface area contributed by atoms with Crippen molar-refractivity contribution in [3.63, 3.8) is 0 Å². The molecule has 31 heavy (non-hydrogen) atoms. The Balaban J connectivity index is 0.00000272. The monoisotopic (exact) mass is 553 g/mol. The van der Waals surface area contributed by atoms with Gasteiger partial charge in [0.1, 0.15) is 5.76 Å². The van der Waals surface area contributed by atoms with Gasteiger partial charge in [-0.05, 0) is 30.7 Å². The van der Waals surface area contributed by atoms with Crippen LogP contribution >= 0.6 is 35.3 Å². The van der Waals surface area contributed by atoms with Crippen molar-refractivity contribution in [2.75, 3.05) is 20.1 Å². The Morgan fingerprint density at radius 1 is 1.32 bits per heavy atom. The second kappa shape index (κ2) is 10.4. The standard InChI is InChI=1S/C22H27N5O2S.HI/c1-14(2)21(28)27-11-10-15(13-27)25-22(23-3)24-12-16-8-9-18(29-16)20-26-17-6-4-5-7-19(17)30-20;/h4-9,14-15H,10-13H2,1-3H3,(H2,23,24,25);1H. The molecule has 1 atom stereocenters. The van der Waals surface area contributed by atoms with E-state index in [4.69, 9.17) is 4.42 Å². The highest BCUT2D eigenvalue weighted by atomic mass is 127. The summed E-state index contributed by atoms with van der Waals surface area (Å²) in [7, 11) is 1.75. The molecule has 0 spiro atoms. The van der Waals surface area contributed by atoms with Crippen LogP contribution < -0.4 is 10.6 Å². The number of carbonyl (C=O) groups is 1. The number of fused-ring (bicyclic) bond motifs is 1. The molecule has 1 fully saturated rings. The number of nitrogens with one attached hydrogen (secondary N) is 2. The molecule has 1 aliphatic heterocycles. The maximum atomic E-state index is 12.2. The van der Waals surface area contributed by atoms with Crippen LogP contribution in [-0.4, -0.2) is 47.9 Å². The summed E-state index contributed by atoms with van der Waals surface area (Å²) in [6, 6.07) is 12.2. The smallest absolute Gasteiger partial charge is 0.225 e. The molecule has 0 saturated carbocycles. The quantitative estimate of drug-likeness (QED) is 0.283. The maximum absolute atomic E-state index is 12.2. The number of furan rings is 1. The minimum atomic E-state index is 0. The fourth-order valence-corrected chi connectivity index (χ4v) is 4.50. The molecule has 3 aromatic rings. The zero-order valence-corrected chi connectivity index (χ0v) is 21.1. The zero-order chi connectivity index (χ0) is 21.1. The molecule has 3 heterocycles. The molecule has 0 radical (unpaired) electrons. The summed E-state index contributed by atoms with van der Waals surface area (Å²) in [5.41, 5.74) is 0.986. The topological polar surface area (TPSA) is 82.8 Å². The number of halogens is 1. The molecule has 1 aromatic carbocycles. The van der Waals surface area contributed by atoms with E-state index in [2.05, 4.69) is 26.7 Å². The Labute approximate surface area is 203 Å². The van der Waals surface area contributed by atoms with Crippen LogP contribution in [0.1, 0.15) is 26.0 Å². The van der Waals surface area contributed by atoms with Crippen molar-refractivity contribution in [3.05, 3.63) is 42.2 Å². The summed E-state index contributed by atoms with van der Waals surface area (Å²) in [4.78, 5) is 23.0. The number of hydrogen-bond donors (Lipinski definition) is 2. The number of aromatic nitrogens is 1. The normalized spacial score (nSPS) is 16.6. The minimum absolute atomic E-state index is 0. The molecule has 1 saturated heterocycles. The molecule has 4 rings (SSSR count). The largest absolute Gasteiger partial charge is 0.457 e. The number of likely N-dealkylation sites (tertiary alicyclic amines) is 1. The van der Waals surface area contributed by atoms with Gasteiger partial charge in [-0.1, -0.05) is 26.0 Å². The first-order chi connectivity index (χ1) is 14.5. The van der Waals surface area contributed by atoms with Crippen molar-refractivity contribution in [3.8, 4) is 10.8 Å². The van der Waals surface area contributed by atoms with E-state index in [1.54, 1.807) is 18.4 Å². The van der Waals surface area contributed by atoms with Crippen LogP contribution in [0.25, 0.3) is 21.0 Å². The molecular formula is C22H28IN5O2S. The maximum Gasteiger partial charge on any atom is 0.225 e. The summed E-state index contributed by atoms with van der Waals surface area (Å²) < 4.78 is 7.14. The lowest BCUT2D eigenvalue weighted by atomic mass is 10.2. The van der Waals surface area contributed by atoms with Crippen LogP contribution in [0.3, 0.4) is 0 Å². The number of hydrogen-bond acceptors (Lipinski definition) is 5. The van der Waals surface area contributed by atoms with Crippen molar-refractivity contribution in [1.82, 2.24) is 20.5 Å². The van der Waals surface area contributed by atoms with E-state index in [0.717, 1.165) is 39.7 Å². The van der Waals surface area contributed by atoms with Gasteiger partial charge in [-0.3, -0.25) is 9.79 Å². The van der Waals surface area contributed by atoms with Crippen LogP contribution in [0.5, 0.6) is 0 Å². The molecular weight excluding hydrogens is 525 g/mol. The Morgan fingerprint density at radius 3 is 2.87 bits per heavy atom. The molecule has 1 amide bonds. The fourth-order valence-electron chi connectivity index (χ4n) is 3.57. The van der Waals surface area contributed by atoms with Crippen molar-refractivity contribution in [2.24, 2.45) is 10.9 Å². The molecule has 1 aliphatic rings. The van der Waals surface area contributed by atoms with Gasteiger partial charge in [-0.25, -0.2) is 4.98 Å². The fraction of sp³-hybridized carbons (Fsp3) is 0.409. The Kier molecular flexibility index (Phi) is 7.93. The molecule has 2 aromatic heterocycles. The average molecular weight is 553 g/mol. The van der Waals surface area contributed by atoms with Crippen LogP contribution in [-0.2, 0) is 11.3 Å². The number of aliphatic imine (C=N–C) groups is 1. The SMILES string of the molecule is CN=C(NCc1ccc(-c2nc3ccccc3s2)o1)NC1CCN(C(=O)C(C)C)C1.I. The van der Waals surface area contributed by atoms with Gasteiger partial charge in [0.15, 0.2) is 16.7 Å². The molecule has 0 bridgehead atoms. The third-order valence-corrected chi connectivity index (χ3v) is 6.21. The van der Waals surface area contributed by atoms with E-state index < -0.39 is 0 Å².